The number of rotatable bonds is 3. The maximum atomic E-state index is 11.7. The van der Waals surface area contributed by atoms with Crippen molar-refractivity contribution in [1.82, 2.24) is 4.98 Å². The van der Waals surface area contributed by atoms with Crippen molar-refractivity contribution in [2.24, 2.45) is 0 Å². The first-order chi connectivity index (χ1) is 9.33. The minimum absolute atomic E-state index is 0.00690. The average Bonchev–Trinajstić information content (AvgIpc) is 2.46. The number of aromatic nitrogens is 1. The highest BCUT2D eigenvalue weighted by atomic mass is 16.6. The number of hydrogen-bond donors (Lipinski definition) is 0. The van der Waals surface area contributed by atoms with Gasteiger partial charge in [0, 0.05) is 0 Å². The molecule has 0 amide bonds. The molecule has 4 heteroatoms. The summed E-state index contributed by atoms with van der Waals surface area (Å²) >= 11 is 0. The second-order valence-electron chi connectivity index (χ2n) is 4.06. The van der Waals surface area contributed by atoms with E-state index in [2.05, 4.69) is 4.98 Å². The summed E-state index contributed by atoms with van der Waals surface area (Å²) in [6.07, 6.45) is -0.00690. The third-order valence-corrected chi connectivity index (χ3v) is 2.72. The van der Waals surface area contributed by atoms with Gasteiger partial charge in [0.15, 0.2) is 0 Å². The lowest BCUT2D eigenvalue weighted by atomic mass is 10.2. The lowest BCUT2D eigenvalue weighted by Gasteiger charge is -2.04. The van der Waals surface area contributed by atoms with Crippen molar-refractivity contribution in [3.8, 4) is 6.08 Å². The summed E-state index contributed by atoms with van der Waals surface area (Å²) in [5.41, 5.74) is 1.12. The smallest absolute Gasteiger partial charge is 0.397 e. The molecular weight excluding hydrogens is 242 g/mol. The normalized spacial score (nSPS) is 10.5. The molecule has 1 heterocycles. The molecule has 2 aromatic carbocycles. The molecular formula is C15H11NO3. The van der Waals surface area contributed by atoms with Crippen LogP contribution in [-0.4, -0.2) is 4.98 Å². The van der Waals surface area contributed by atoms with Gasteiger partial charge in [0.1, 0.15) is 6.61 Å². The van der Waals surface area contributed by atoms with Gasteiger partial charge in [-0.3, -0.25) is 0 Å². The minimum atomic E-state index is -0.436. The molecule has 0 spiro atoms. The Morgan fingerprint density at radius 1 is 1.00 bits per heavy atom. The second-order valence-corrected chi connectivity index (χ2v) is 4.06. The van der Waals surface area contributed by atoms with Crippen LogP contribution in [0, 0.1) is 0 Å². The van der Waals surface area contributed by atoms with Crippen molar-refractivity contribution < 1.29 is 9.15 Å². The van der Waals surface area contributed by atoms with Gasteiger partial charge in [0.25, 0.3) is 0 Å². The number of fused-ring (bicyclic) bond motifs is 1. The lowest BCUT2D eigenvalue weighted by molar-refractivity contribution is 0.207. The van der Waals surface area contributed by atoms with Crippen molar-refractivity contribution >= 4 is 10.9 Å². The van der Waals surface area contributed by atoms with Crippen LogP contribution in [0.15, 0.2) is 63.8 Å². The Kier molecular flexibility index (Phi) is 2.98. The van der Waals surface area contributed by atoms with Crippen LogP contribution in [-0.2, 0) is 6.61 Å². The van der Waals surface area contributed by atoms with Crippen LogP contribution in [0.5, 0.6) is 6.08 Å². The molecule has 0 aliphatic heterocycles. The maximum absolute atomic E-state index is 11.7. The van der Waals surface area contributed by atoms with Crippen LogP contribution in [0.4, 0.5) is 0 Å². The molecule has 0 bridgehead atoms. The molecule has 0 fully saturated rings. The summed E-state index contributed by atoms with van der Waals surface area (Å²) in [5, 5.41) is 0.453. The Morgan fingerprint density at radius 2 is 1.74 bits per heavy atom. The van der Waals surface area contributed by atoms with Crippen LogP contribution >= 0.6 is 0 Å². The van der Waals surface area contributed by atoms with Crippen LogP contribution in [0.25, 0.3) is 10.9 Å². The molecule has 3 aromatic rings. The third kappa shape index (κ3) is 2.47. The van der Waals surface area contributed by atoms with E-state index in [0.29, 0.717) is 17.5 Å². The molecule has 0 N–H and O–H groups in total. The van der Waals surface area contributed by atoms with E-state index in [-0.39, 0.29) is 6.08 Å². The zero-order valence-electron chi connectivity index (χ0n) is 10.1. The Morgan fingerprint density at radius 3 is 2.58 bits per heavy atom. The molecule has 0 radical (unpaired) electrons. The molecule has 0 atom stereocenters. The van der Waals surface area contributed by atoms with Gasteiger partial charge >= 0.3 is 11.7 Å². The van der Waals surface area contributed by atoms with Crippen LogP contribution in [0.3, 0.4) is 0 Å². The standard InChI is InChI=1S/C15H11NO3/c17-14-12-8-4-5-9-13(12)16-15(19-14)18-10-11-6-2-1-3-7-11/h1-9H,10H2. The van der Waals surface area contributed by atoms with Crippen LogP contribution < -0.4 is 10.4 Å². The Labute approximate surface area is 109 Å². The SMILES string of the molecule is O=c1oc(OCc2ccccc2)nc2ccccc12. The van der Waals surface area contributed by atoms with E-state index >= 15 is 0 Å². The van der Waals surface area contributed by atoms with Gasteiger partial charge in [-0.2, -0.15) is 4.98 Å². The fourth-order valence-electron chi connectivity index (χ4n) is 1.78. The van der Waals surface area contributed by atoms with E-state index < -0.39 is 5.63 Å². The molecule has 0 aliphatic carbocycles. The Hall–Kier alpha value is -2.62. The molecule has 19 heavy (non-hydrogen) atoms. The monoisotopic (exact) mass is 253 g/mol. The van der Waals surface area contributed by atoms with Crippen LogP contribution in [0.1, 0.15) is 5.56 Å². The zero-order chi connectivity index (χ0) is 13.1. The molecule has 1 aromatic heterocycles. The second kappa shape index (κ2) is 4.94. The summed E-state index contributed by atoms with van der Waals surface area (Å²) in [6.45, 7) is 0.315. The van der Waals surface area contributed by atoms with Crippen molar-refractivity contribution in [3.05, 3.63) is 70.6 Å². The first-order valence-electron chi connectivity index (χ1n) is 5.89. The van der Waals surface area contributed by atoms with E-state index in [1.807, 2.05) is 36.4 Å². The predicted octanol–water partition coefficient (Wildman–Crippen LogP) is 2.77. The fourth-order valence-corrected chi connectivity index (χ4v) is 1.78. The van der Waals surface area contributed by atoms with Gasteiger partial charge in [0.05, 0.1) is 10.9 Å². The van der Waals surface area contributed by atoms with Gasteiger partial charge in [-0.05, 0) is 17.7 Å². The summed E-state index contributed by atoms with van der Waals surface area (Å²) < 4.78 is 10.4. The van der Waals surface area contributed by atoms with Gasteiger partial charge < -0.3 is 9.15 Å². The quantitative estimate of drug-likeness (QED) is 0.720. The lowest BCUT2D eigenvalue weighted by Crippen LogP contribution is -2.05. The third-order valence-electron chi connectivity index (χ3n) is 2.72. The largest absolute Gasteiger partial charge is 0.445 e. The molecule has 4 nitrogen and oxygen atoms in total. The fraction of sp³-hybridized carbons (Fsp3) is 0.0667. The zero-order valence-corrected chi connectivity index (χ0v) is 10.1. The van der Waals surface area contributed by atoms with E-state index in [1.165, 1.54) is 0 Å². The highest BCUT2D eigenvalue weighted by molar-refractivity contribution is 5.76. The van der Waals surface area contributed by atoms with Crippen molar-refractivity contribution in [3.63, 3.8) is 0 Å². The maximum Gasteiger partial charge on any atom is 0.397 e. The van der Waals surface area contributed by atoms with Gasteiger partial charge in [-0.1, -0.05) is 42.5 Å². The van der Waals surface area contributed by atoms with Crippen molar-refractivity contribution in [2.45, 2.75) is 6.61 Å². The number of para-hydroxylation sites is 1. The van der Waals surface area contributed by atoms with Gasteiger partial charge in [-0.25, -0.2) is 4.79 Å². The number of nitrogens with zero attached hydrogens (tertiary/aromatic N) is 1. The summed E-state index contributed by atoms with van der Waals surface area (Å²) in [6, 6.07) is 16.6. The molecule has 94 valence electrons. The summed E-state index contributed by atoms with van der Waals surface area (Å²) in [4.78, 5) is 15.9. The molecule has 3 rings (SSSR count). The van der Waals surface area contributed by atoms with Gasteiger partial charge in [-0.15, -0.1) is 0 Å². The summed E-state index contributed by atoms with van der Waals surface area (Å²) in [7, 11) is 0. The molecule has 0 saturated heterocycles. The predicted molar refractivity (Wildman–Crippen MR) is 71.1 cm³/mol. The van der Waals surface area contributed by atoms with Crippen molar-refractivity contribution in [1.29, 1.82) is 0 Å². The average molecular weight is 253 g/mol. The van der Waals surface area contributed by atoms with Crippen molar-refractivity contribution in [2.75, 3.05) is 0 Å². The van der Waals surface area contributed by atoms with E-state index in [4.69, 9.17) is 9.15 Å². The first-order valence-corrected chi connectivity index (χ1v) is 5.89. The Balaban J connectivity index is 1.88. The topological polar surface area (TPSA) is 52.3 Å². The van der Waals surface area contributed by atoms with Gasteiger partial charge in [0.2, 0.25) is 0 Å². The summed E-state index contributed by atoms with van der Waals surface area (Å²) in [5.74, 6) is 0. The van der Waals surface area contributed by atoms with Crippen LogP contribution in [0.2, 0.25) is 0 Å². The molecule has 0 unspecified atom stereocenters. The highest BCUT2D eigenvalue weighted by Crippen LogP contribution is 2.13. The van der Waals surface area contributed by atoms with E-state index in [1.54, 1.807) is 18.2 Å². The van der Waals surface area contributed by atoms with E-state index in [9.17, 15) is 4.79 Å². The number of ether oxygens (including phenoxy) is 1. The number of hydrogen-bond acceptors (Lipinski definition) is 4. The highest BCUT2D eigenvalue weighted by Gasteiger charge is 2.06. The number of benzene rings is 2. The Bertz CT molecular complexity index is 750. The molecule has 0 aliphatic rings. The first kappa shape index (κ1) is 11.5. The van der Waals surface area contributed by atoms with E-state index in [0.717, 1.165) is 5.56 Å². The molecule has 0 saturated carbocycles. The minimum Gasteiger partial charge on any atom is -0.445 e.